The van der Waals surface area contributed by atoms with Crippen molar-refractivity contribution in [1.82, 2.24) is 10.3 Å². The number of nitrogens with zero attached hydrogens (tertiary/aromatic N) is 1. The van der Waals surface area contributed by atoms with Crippen molar-refractivity contribution in [3.8, 4) is 0 Å². The molecular formula is C10H12N2O. The molecule has 1 atom stereocenters. The topological polar surface area (TPSA) is 42.0 Å². The number of amides is 1. The Kier molecular flexibility index (Phi) is 2.00. The van der Waals surface area contributed by atoms with Crippen molar-refractivity contribution in [3.05, 3.63) is 29.6 Å². The number of hydrogen-bond donors (Lipinski definition) is 1. The molecule has 0 saturated heterocycles. The SMILES string of the molecule is CC(=O)N[C@H]1Cc2cccnc2C1. The van der Waals surface area contributed by atoms with E-state index in [0.717, 1.165) is 18.5 Å². The molecule has 0 bridgehead atoms. The molecule has 0 radical (unpaired) electrons. The van der Waals surface area contributed by atoms with Crippen molar-refractivity contribution in [2.24, 2.45) is 0 Å². The molecule has 1 amide bonds. The van der Waals surface area contributed by atoms with Crippen LogP contribution < -0.4 is 5.32 Å². The Morgan fingerprint density at radius 2 is 2.46 bits per heavy atom. The minimum atomic E-state index is 0.0396. The lowest BCUT2D eigenvalue weighted by molar-refractivity contribution is -0.119. The van der Waals surface area contributed by atoms with E-state index in [1.807, 2.05) is 6.07 Å². The van der Waals surface area contributed by atoms with Crippen molar-refractivity contribution >= 4 is 5.91 Å². The maximum absolute atomic E-state index is 10.8. The molecule has 0 unspecified atom stereocenters. The quantitative estimate of drug-likeness (QED) is 0.684. The molecule has 0 saturated carbocycles. The van der Waals surface area contributed by atoms with E-state index in [-0.39, 0.29) is 11.9 Å². The molecule has 3 nitrogen and oxygen atoms in total. The van der Waals surface area contributed by atoms with E-state index >= 15 is 0 Å². The molecule has 1 N–H and O–H groups in total. The summed E-state index contributed by atoms with van der Waals surface area (Å²) in [6, 6.07) is 4.27. The van der Waals surface area contributed by atoms with E-state index in [1.54, 1.807) is 13.1 Å². The molecule has 1 aromatic rings. The first-order valence-corrected chi connectivity index (χ1v) is 4.45. The van der Waals surface area contributed by atoms with Crippen LogP contribution in [0.3, 0.4) is 0 Å². The number of nitrogens with one attached hydrogen (secondary N) is 1. The Bertz CT molecular complexity index is 310. The third-order valence-electron chi connectivity index (χ3n) is 2.30. The van der Waals surface area contributed by atoms with Crippen molar-refractivity contribution in [2.75, 3.05) is 0 Å². The summed E-state index contributed by atoms with van der Waals surface area (Å²) in [5.41, 5.74) is 2.39. The molecule has 1 aliphatic rings. The largest absolute Gasteiger partial charge is 0.353 e. The van der Waals surface area contributed by atoms with Gasteiger partial charge in [-0.05, 0) is 18.1 Å². The number of fused-ring (bicyclic) bond motifs is 1. The predicted octanol–water partition coefficient (Wildman–Crippen LogP) is 0.685. The molecule has 0 fully saturated rings. The smallest absolute Gasteiger partial charge is 0.217 e. The third-order valence-corrected chi connectivity index (χ3v) is 2.30. The van der Waals surface area contributed by atoms with Crippen molar-refractivity contribution in [2.45, 2.75) is 25.8 Å². The Labute approximate surface area is 77.2 Å². The van der Waals surface area contributed by atoms with E-state index in [0.29, 0.717) is 0 Å². The summed E-state index contributed by atoms with van der Waals surface area (Å²) in [5, 5.41) is 2.91. The van der Waals surface area contributed by atoms with Crippen LogP contribution in [0.4, 0.5) is 0 Å². The van der Waals surface area contributed by atoms with Gasteiger partial charge in [0.15, 0.2) is 0 Å². The third kappa shape index (κ3) is 1.69. The summed E-state index contributed by atoms with van der Waals surface area (Å²) in [6.07, 6.45) is 3.59. The average Bonchev–Trinajstić information content (AvgIpc) is 2.44. The summed E-state index contributed by atoms with van der Waals surface area (Å²) >= 11 is 0. The molecule has 0 aromatic carbocycles. The second-order valence-corrected chi connectivity index (χ2v) is 3.41. The van der Waals surface area contributed by atoms with E-state index in [2.05, 4.69) is 16.4 Å². The maximum Gasteiger partial charge on any atom is 0.217 e. The van der Waals surface area contributed by atoms with Gasteiger partial charge in [-0.2, -0.15) is 0 Å². The Morgan fingerprint density at radius 3 is 3.15 bits per heavy atom. The van der Waals surface area contributed by atoms with Crippen LogP contribution in [0, 0.1) is 0 Å². The molecule has 0 aliphatic heterocycles. The fraction of sp³-hybridized carbons (Fsp3) is 0.400. The zero-order valence-corrected chi connectivity index (χ0v) is 7.58. The predicted molar refractivity (Wildman–Crippen MR) is 49.2 cm³/mol. The van der Waals surface area contributed by atoms with Crippen molar-refractivity contribution < 1.29 is 4.79 Å². The second-order valence-electron chi connectivity index (χ2n) is 3.41. The van der Waals surface area contributed by atoms with Gasteiger partial charge >= 0.3 is 0 Å². The lowest BCUT2D eigenvalue weighted by Gasteiger charge is -2.08. The molecule has 2 rings (SSSR count). The summed E-state index contributed by atoms with van der Waals surface area (Å²) in [7, 11) is 0. The van der Waals surface area contributed by atoms with Crippen LogP contribution in [0.2, 0.25) is 0 Å². The summed E-state index contributed by atoms with van der Waals surface area (Å²) in [4.78, 5) is 15.1. The normalized spacial score (nSPS) is 19.6. The van der Waals surface area contributed by atoms with Crippen LogP contribution in [0.5, 0.6) is 0 Å². The van der Waals surface area contributed by atoms with Crippen LogP contribution in [0.15, 0.2) is 18.3 Å². The standard InChI is InChI=1S/C10H12N2O/c1-7(13)12-9-5-8-3-2-4-11-10(8)6-9/h2-4,9H,5-6H2,1H3,(H,12,13)/t9-/m0/s1. The first kappa shape index (κ1) is 8.23. The van der Waals surface area contributed by atoms with Gasteiger partial charge in [0, 0.05) is 31.3 Å². The van der Waals surface area contributed by atoms with E-state index in [1.165, 1.54) is 5.56 Å². The molecule has 68 valence electrons. The molecule has 1 heterocycles. The number of hydrogen-bond acceptors (Lipinski definition) is 2. The summed E-state index contributed by atoms with van der Waals surface area (Å²) < 4.78 is 0. The van der Waals surface area contributed by atoms with Gasteiger partial charge in [0.25, 0.3) is 0 Å². The molecule has 13 heavy (non-hydrogen) atoms. The van der Waals surface area contributed by atoms with Gasteiger partial charge in [0.1, 0.15) is 0 Å². The first-order chi connectivity index (χ1) is 6.25. The van der Waals surface area contributed by atoms with E-state index < -0.39 is 0 Å². The number of carbonyl (C=O) groups excluding carboxylic acids is 1. The van der Waals surface area contributed by atoms with Gasteiger partial charge < -0.3 is 5.32 Å². The van der Waals surface area contributed by atoms with E-state index in [4.69, 9.17) is 0 Å². The van der Waals surface area contributed by atoms with Crippen LogP contribution in [0.1, 0.15) is 18.2 Å². The number of carbonyl (C=O) groups is 1. The molecular weight excluding hydrogens is 164 g/mol. The first-order valence-electron chi connectivity index (χ1n) is 4.45. The van der Waals surface area contributed by atoms with Crippen LogP contribution >= 0.6 is 0 Å². The van der Waals surface area contributed by atoms with Crippen LogP contribution in [0.25, 0.3) is 0 Å². The van der Waals surface area contributed by atoms with Gasteiger partial charge in [-0.1, -0.05) is 6.07 Å². The van der Waals surface area contributed by atoms with Gasteiger partial charge in [-0.3, -0.25) is 9.78 Å². The van der Waals surface area contributed by atoms with Gasteiger partial charge in [0.2, 0.25) is 5.91 Å². The maximum atomic E-state index is 10.8. The Balaban J connectivity index is 2.09. The highest BCUT2D eigenvalue weighted by molar-refractivity contribution is 5.73. The van der Waals surface area contributed by atoms with Crippen molar-refractivity contribution in [3.63, 3.8) is 0 Å². The minimum Gasteiger partial charge on any atom is -0.353 e. The van der Waals surface area contributed by atoms with Gasteiger partial charge in [-0.15, -0.1) is 0 Å². The fourth-order valence-electron chi connectivity index (χ4n) is 1.80. The molecule has 0 spiro atoms. The Hall–Kier alpha value is -1.38. The number of aromatic nitrogens is 1. The highest BCUT2D eigenvalue weighted by Crippen LogP contribution is 2.19. The highest BCUT2D eigenvalue weighted by Gasteiger charge is 2.22. The van der Waals surface area contributed by atoms with Crippen LogP contribution in [-0.4, -0.2) is 16.9 Å². The zero-order valence-electron chi connectivity index (χ0n) is 7.58. The zero-order chi connectivity index (χ0) is 9.26. The minimum absolute atomic E-state index is 0.0396. The monoisotopic (exact) mass is 176 g/mol. The second kappa shape index (κ2) is 3.17. The van der Waals surface area contributed by atoms with Gasteiger partial charge in [-0.25, -0.2) is 0 Å². The number of rotatable bonds is 1. The average molecular weight is 176 g/mol. The molecule has 1 aliphatic carbocycles. The van der Waals surface area contributed by atoms with Crippen LogP contribution in [-0.2, 0) is 17.6 Å². The fourth-order valence-corrected chi connectivity index (χ4v) is 1.80. The van der Waals surface area contributed by atoms with Gasteiger partial charge in [0.05, 0.1) is 0 Å². The summed E-state index contributed by atoms with van der Waals surface area (Å²) in [5.74, 6) is 0.0396. The van der Waals surface area contributed by atoms with E-state index in [9.17, 15) is 4.79 Å². The highest BCUT2D eigenvalue weighted by atomic mass is 16.1. The Morgan fingerprint density at radius 1 is 1.62 bits per heavy atom. The lowest BCUT2D eigenvalue weighted by atomic mass is 10.2. The lowest BCUT2D eigenvalue weighted by Crippen LogP contribution is -2.33. The van der Waals surface area contributed by atoms with Crippen molar-refractivity contribution in [1.29, 1.82) is 0 Å². The molecule has 3 heteroatoms. The summed E-state index contributed by atoms with van der Waals surface area (Å²) in [6.45, 7) is 1.55. The number of pyridine rings is 1. The molecule has 1 aromatic heterocycles.